The number of urea groups is 1. The molecule has 1 aliphatic carbocycles. The van der Waals surface area contributed by atoms with Crippen LogP contribution in [0.25, 0.3) is 0 Å². The van der Waals surface area contributed by atoms with E-state index in [-0.39, 0.29) is 17.8 Å². The minimum absolute atomic E-state index is 0.0999. The van der Waals surface area contributed by atoms with Crippen molar-refractivity contribution >= 4 is 17.6 Å². The van der Waals surface area contributed by atoms with E-state index in [2.05, 4.69) is 35.1 Å². The van der Waals surface area contributed by atoms with Crippen LogP contribution in [0.15, 0.2) is 0 Å². The molecule has 2 rings (SSSR count). The molecule has 1 heterocycles. The molecule has 0 aromatic heterocycles. The van der Waals surface area contributed by atoms with E-state index < -0.39 is 0 Å². The maximum absolute atomic E-state index is 11.9. The lowest BCUT2D eigenvalue weighted by atomic mass is 9.87. The molecule has 1 saturated heterocycles. The molecule has 4 N–H and O–H groups in total. The highest BCUT2D eigenvalue weighted by atomic mass is 35.5. The fourth-order valence-electron chi connectivity index (χ4n) is 2.81. The molecule has 0 spiro atoms. The third-order valence-corrected chi connectivity index (χ3v) is 4.29. The molecule has 1 saturated carbocycles. The van der Waals surface area contributed by atoms with Gasteiger partial charge in [-0.15, -0.1) is 11.6 Å². The highest BCUT2D eigenvalue weighted by molar-refractivity contribution is 6.20. The molecule has 2 amide bonds. The second kappa shape index (κ2) is 6.77. The van der Waals surface area contributed by atoms with Crippen LogP contribution in [0.1, 0.15) is 46.0 Å². The molecule has 1 aliphatic heterocycles. The summed E-state index contributed by atoms with van der Waals surface area (Å²) in [5.74, 6) is 0.792. The minimum Gasteiger partial charge on any atom is -0.335 e. The van der Waals surface area contributed by atoms with Gasteiger partial charge in [0.1, 0.15) is 6.29 Å². The molecule has 5 nitrogen and oxygen atoms in total. The fraction of sp³-hybridized carbons (Fsp3) is 0.923. The smallest absolute Gasteiger partial charge is 0.317 e. The van der Waals surface area contributed by atoms with Crippen LogP contribution in [0.5, 0.6) is 0 Å². The van der Waals surface area contributed by atoms with Crippen LogP contribution in [-0.4, -0.2) is 29.9 Å². The molecular formula is C13H25ClN4O. The summed E-state index contributed by atoms with van der Waals surface area (Å²) in [5.41, 5.74) is -0.0999. The summed E-state index contributed by atoms with van der Waals surface area (Å²) in [7, 11) is 0. The van der Waals surface area contributed by atoms with E-state index >= 15 is 0 Å². The van der Waals surface area contributed by atoms with Gasteiger partial charge in [0.05, 0.1) is 5.50 Å². The second-order valence-electron chi connectivity index (χ2n) is 5.95. The molecule has 0 radical (unpaired) electrons. The summed E-state index contributed by atoms with van der Waals surface area (Å²) in [6.45, 7) is 4.33. The van der Waals surface area contributed by atoms with Crippen LogP contribution in [0, 0.1) is 5.92 Å². The first-order chi connectivity index (χ1) is 9.02. The Hall–Kier alpha value is -0.520. The van der Waals surface area contributed by atoms with Gasteiger partial charge in [0.2, 0.25) is 0 Å². The summed E-state index contributed by atoms with van der Waals surface area (Å²) in [5, 5.41) is 12.3. The van der Waals surface area contributed by atoms with Crippen molar-refractivity contribution in [3.05, 3.63) is 0 Å². The van der Waals surface area contributed by atoms with Crippen LogP contribution >= 0.6 is 11.6 Å². The predicted octanol–water partition coefficient (Wildman–Crippen LogP) is 1.68. The Balaban J connectivity index is 1.72. The van der Waals surface area contributed by atoms with Gasteiger partial charge in [-0.25, -0.2) is 4.79 Å². The molecule has 110 valence electrons. The maximum atomic E-state index is 11.9. The van der Waals surface area contributed by atoms with Crippen molar-refractivity contribution in [3.63, 3.8) is 0 Å². The van der Waals surface area contributed by atoms with Crippen molar-refractivity contribution < 1.29 is 4.79 Å². The molecule has 0 aromatic carbocycles. The van der Waals surface area contributed by atoms with E-state index in [1.54, 1.807) is 0 Å². The first-order valence-electron chi connectivity index (χ1n) is 7.26. The Morgan fingerprint density at radius 2 is 1.79 bits per heavy atom. The SMILES string of the molecule is CC1CCC(NC(=O)NC2NC(C)CC(Cl)N2)CC1. The van der Waals surface area contributed by atoms with Gasteiger partial charge in [0.25, 0.3) is 0 Å². The van der Waals surface area contributed by atoms with Crippen molar-refractivity contribution in [1.82, 2.24) is 21.3 Å². The topological polar surface area (TPSA) is 65.2 Å². The van der Waals surface area contributed by atoms with Gasteiger partial charge in [-0.05, 0) is 44.9 Å². The van der Waals surface area contributed by atoms with Crippen LogP contribution in [0.3, 0.4) is 0 Å². The van der Waals surface area contributed by atoms with Gasteiger partial charge in [-0.1, -0.05) is 6.92 Å². The number of nitrogens with one attached hydrogen (secondary N) is 4. The lowest BCUT2D eigenvalue weighted by Crippen LogP contribution is -2.65. The van der Waals surface area contributed by atoms with Gasteiger partial charge in [-0.3, -0.25) is 10.6 Å². The monoisotopic (exact) mass is 288 g/mol. The molecular weight excluding hydrogens is 264 g/mol. The summed E-state index contributed by atoms with van der Waals surface area (Å²) in [4.78, 5) is 11.9. The van der Waals surface area contributed by atoms with E-state index in [0.29, 0.717) is 12.1 Å². The average Bonchev–Trinajstić information content (AvgIpc) is 2.30. The number of alkyl halides is 1. The lowest BCUT2D eigenvalue weighted by Gasteiger charge is -2.34. The zero-order valence-electron chi connectivity index (χ0n) is 11.7. The molecule has 0 bridgehead atoms. The number of carbonyl (C=O) groups is 1. The predicted molar refractivity (Wildman–Crippen MR) is 76.9 cm³/mol. The highest BCUT2D eigenvalue weighted by Gasteiger charge is 2.25. The number of hydrogen-bond donors (Lipinski definition) is 4. The van der Waals surface area contributed by atoms with Gasteiger partial charge in [-0.2, -0.15) is 0 Å². The number of amides is 2. The average molecular weight is 289 g/mol. The van der Waals surface area contributed by atoms with Crippen molar-refractivity contribution in [1.29, 1.82) is 0 Å². The largest absolute Gasteiger partial charge is 0.335 e. The maximum Gasteiger partial charge on any atom is 0.317 e. The Morgan fingerprint density at radius 1 is 1.11 bits per heavy atom. The summed E-state index contributed by atoms with van der Waals surface area (Å²) >= 11 is 6.07. The van der Waals surface area contributed by atoms with E-state index in [1.807, 2.05) is 0 Å². The van der Waals surface area contributed by atoms with Crippen molar-refractivity contribution in [2.75, 3.05) is 0 Å². The number of carbonyl (C=O) groups excluding carboxylic acids is 1. The van der Waals surface area contributed by atoms with Crippen LogP contribution in [-0.2, 0) is 0 Å². The summed E-state index contributed by atoms with van der Waals surface area (Å²) < 4.78 is 0. The molecule has 2 aliphatic rings. The number of hydrogen-bond acceptors (Lipinski definition) is 3. The minimum atomic E-state index is -0.256. The third kappa shape index (κ3) is 4.82. The Bertz CT molecular complexity index is 297. The van der Waals surface area contributed by atoms with Gasteiger partial charge in [0.15, 0.2) is 0 Å². The molecule has 3 atom stereocenters. The number of halogens is 1. The van der Waals surface area contributed by atoms with Crippen LogP contribution in [0.2, 0.25) is 0 Å². The van der Waals surface area contributed by atoms with Gasteiger partial charge < -0.3 is 10.6 Å². The molecule has 2 fully saturated rings. The Morgan fingerprint density at radius 3 is 2.42 bits per heavy atom. The summed E-state index contributed by atoms with van der Waals surface area (Å²) in [6.07, 6.45) is 5.15. The normalized spacial score (nSPS) is 39.6. The van der Waals surface area contributed by atoms with E-state index in [9.17, 15) is 4.79 Å². The molecule has 3 unspecified atom stereocenters. The first kappa shape index (κ1) is 14.9. The zero-order valence-corrected chi connectivity index (χ0v) is 12.5. The zero-order chi connectivity index (χ0) is 13.8. The van der Waals surface area contributed by atoms with Crippen LogP contribution < -0.4 is 21.3 Å². The number of rotatable bonds is 2. The standard InChI is InChI=1S/C13H25ClN4O/c1-8-3-5-10(6-4-8)16-13(19)18-12-15-9(2)7-11(14)17-12/h8-12,15,17H,3-7H2,1-2H3,(H2,16,18,19). The van der Waals surface area contributed by atoms with E-state index in [4.69, 9.17) is 11.6 Å². The van der Waals surface area contributed by atoms with Crippen molar-refractivity contribution in [2.24, 2.45) is 5.92 Å². The Kier molecular flexibility index (Phi) is 5.30. The fourth-order valence-corrected chi connectivity index (χ4v) is 3.20. The van der Waals surface area contributed by atoms with E-state index in [0.717, 1.165) is 25.2 Å². The highest BCUT2D eigenvalue weighted by Crippen LogP contribution is 2.23. The summed E-state index contributed by atoms with van der Waals surface area (Å²) in [6, 6.07) is 0.483. The quantitative estimate of drug-likeness (QED) is 0.462. The second-order valence-corrected chi connectivity index (χ2v) is 6.47. The van der Waals surface area contributed by atoms with Crippen molar-refractivity contribution in [2.45, 2.75) is 69.8 Å². The third-order valence-electron chi connectivity index (χ3n) is 3.99. The lowest BCUT2D eigenvalue weighted by molar-refractivity contribution is 0.206. The van der Waals surface area contributed by atoms with E-state index in [1.165, 1.54) is 12.8 Å². The van der Waals surface area contributed by atoms with Crippen LogP contribution in [0.4, 0.5) is 4.79 Å². The molecule has 0 aromatic rings. The van der Waals surface area contributed by atoms with Gasteiger partial charge in [0, 0.05) is 12.1 Å². The first-order valence-corrected chi connectivity index (χ1v) is 7.70. The molecule has 6 heteroatoms. The Labute approximate surface area is 120 Å². The molecule has 19 heavy (non-hydrogen) atoms. The van der Waals surface area contributed by atoms with Crippen molar-refractivity contribution in [3.8, 4) is 0 Å². The van der Waals surface area contributed by atoms with Gasteiger partial charge >= 0.3 is 6.03 Å².